The van der Waals surface area contributed by atoms with Crippen molar-refractivity contribution < 1.29 is 14.3 Å². The van der Waals surface area contributed by atoms with Crippen LogP contribution in [-0.2, 0) is 9.53 Å². The van der Waals surface area contributed by atoms with Gasteiger partial charge >= 0.3 is 0 Å². The highest BCUT2D eigenvalue weighted by molar-refractivity contribution is 6.06. The number of hydrogen-bond donors (Lipinski definition) is 1. The molecule has 0 unspecified atom stereocenters. The van der Waals surface area contributed by atoms with Crippen LogP contribution in [0, 0.1) is 0 Å². The van der Waals surface area contributed by atoms with Crippen molar-refractivity contribution in [2.75, 3.05) is 18.5 Å². The lowest BCUT2D eigenvalue weighted by molar-refractivity contribution is -0.146. The van der Waals surface area contributed by atoms with Crippen LogP contribution in [0.3, 0.4) is 0 Å². The van der Waals surface area contributed by atoms with Gasteiger partial charge in [0.2, 0.25) is 0 Å². The van der Waals surface area contributed by atoms with Crippen LogP contribution in [-0.4, -0.2) is 24.7 Å². The van der Waals surface area contributed by atoms with Gasteiger partial charge in [-0.15, -0.1) is 0 Å². The molecule has 1 aliphatic rings. The van der Waals surface area contributed by atoms with E-state index in [-0.39, 0.29) is 5.91 Å². The lowest BCUT2D eigenvalue weighted by Gasteiger charge is -2.35. The number of hydrogen-bond acceptors (Lipinski definition) is 3. The molecular formula is C22H29NO3. The summed E-state index contributed by atoms with van der Waals surface area (Å²) in [6.45, 7) is 5.29. The smallest absolute Gasteiger partial charge is 0.256 e. The van der Waals surface area contributed by atoms with E-state index in [0.29, 0.717) is 13.2 Å². The highest BCUT2D eigenvalue weighted by atomic mass is 16.5. The zero-order valence-corrected chi connectivity index (χ0v) is 15.8. The quantitative estimate of drug-likeness (QED) is 0.732. The minimum absolute atomic E-state index is 0.0139. The molecule has 3 rings (SSSR count). The van der Waals surface area contributed by atoms with Crippen LogP contribution < -0.4 is 10.1 Å². The number of carbonyl (C=O) groups is 1. The van der Waals surface area contributed by atoms with Gasteiger partial charge in [0.25, 0.3) is 5.91 Å². The summed E-state index contributed by atoms with van der Waals surface area (Å²) in [4.78, 5) is 13.2. The lowest BCUT2D eigenvalue weighted by Crippen LogP contribution is -2.47. The van der Waals surface area contributed by atoms with Crippen molar-refractivity contribution in [3.8, 4) is 5.75 Å². The number of fused-ring (bicyclic) bond motifs is 1. The van der Waals surface area contributed by atoms with Crippen molar-refractivity contribution >= 4 is 22.4 Å². The van der Waals surface area contributed by atoms with Gasteiger partial charge in [0.05, 0.1) is 6.61 Å². The molecule has 0 heterocycles. The molecule has 1 fully saturated rings. The highest BCUT2D eigenvalue weighted by Gasteiger charge is 2.40. The van der Waals surface area contributed by atoms with Crippen LogP contribution in [0.4, 0.5) is 5.69 Å². The van der Waals surface area contributed by atoms with E-state index in [4.69, 9.17) is 9.47 Å². The maximum atomic E-state index is 13.2. The van der Waals surface area contributed by atoms with Gasteiger partial charge in [0, 0.05) is 23.1 Å². The second-order valence-corrected chi connectivity index (χ2v) is 6.95. The first kappa shape index (κ1) is 18.7. The second kappa shape index (κ2) is 8.54. The normalized spacial score (nSPS) is 16.4. The van der Waals surface area contributed by atoms with E-state index in [1.807, 2.05) is 43.3 Å². The summed E-state index contributed by atoms with van der Waals surface area (Å²) in [7, 11) is 0. The first-order valence-corrected chi connectivity index (χ1v) is 9.80. The molecule has 0 aliphatic heterocycles. The minimum Gasteiger partial charge on any atom is -0.493 e. The van der Waals surface area contributed by atoms with Gasteiger partial charge in [-0.3, -0.25) is 4.79 Å². The number of rotatable bonds is 7. The van der Waals surface area contributed by atoms with Gasteiger partial charge in [0.15, 0.2) is 0 Å². The molecular weight excluding hydrogens is 326 g/mol. The van der Waals surface area contributed by atoms with E-state index in [2.05, 4.69) is 12.2 Å². The fourth-order valence-electron chi connectivity index (χ4n) is 3.76. The summed E-state index contributed by atoms with van der Waals surface area (Å²) in [6, 6.07) is 11.9. The number of nitrogens with one attached hydrogen (secondary N) is 1. The first-order chi connectivity index (χ1) is 12.7. The van der Waals surface area contributed by atoms with Gasteiger partial charge < -0.3 is 14.8 Å². The molecule has 140 valence electrons. The summed E-state index contributed by atoms with van der Waals surface area (Å²) in [5.41, 5.74) is 0.132. The Morgan fingerprint density at radius 1 is 1.04 bits per heavy atom. The standard InChI is InChI=1S/C22H29NO3/c1-3-16-26-22(14-8-5-9-15-22)21(24)23-19-12-13-20(25-4-2)18-11-7-6-10-17(18)19/h6-7,10-13H,3-5,8-9,14-16H2,1-2H3,(H,23,24). The molecule has 0 aromatic heterocycles. The number of carbonyl (C=O) groups excluding carboxylic acids is 1. The predicted octanol–water partition coefficient (Wildman–Crippen LogP) is 5.31. The number of anilines is 1. The fourth-order valence-corrected chi connectivity index (χ4v) is 3.76. The molecule has 4 heteroatoms. The summed E-state index contributed by atoms with van der Waals surface area (Å²) < 4.78 is 11.8. The van der Waals surface area contributed by atoms with Crippen molar-refractivity contribution in [3.63, 3.8) is 0 Å². The molecule has 26 heavy (non-hydrogen) atoms. The Kier molecular flexibility index (Phi) is 6.15. The molecule has 2 aromatic rings. The van der Waals surface area contributed by atoms with Gasteiger partial charge in [-0.25, -0.2) is 0 Å². The maximum Gasteiger partial charge on any atom is 0.256 e. The van der Waals surface area contributed by atoms with E-state index in [0.717, 1.165) is 54.3 Å². The Morgan fingerprint density at radius 2 is 1.77 bits per heavy atom. The van der Waals surface area contributed by atoms with Crippen molar-refractivity contribution in [2.45, 2.75) is 58.0 Å². The van der Waals surface area contributed by atoms with E-state index < -0.39 is 5.60 Å². The molecule has 0 bridgehead atoms. The summed E-state index contributed by atoms with van der Waals surface area (Å²) in [5, 5.41) is 5.16. The second-order valence-electron chi connectivity index (χ2n) is 6.95. The number of amides is 1. The maximum absolute atomic E-state index is 13.2. The minimum atomic E-state index is -0.687. The van der Waals surface area contributed by atoms with Gasteiger partial charge in [-0.05, 0) is 38.3 Å². The number of ether oxygens (including phenoxy) is 2. The van der Waals surface area contributed by atoms with Crippen molar-refractivity contribution in [1.82, 2.24) is 0 Å². The predicted molar refractivity (Wildman–Crippen MR) is 106 cm³/mol. The van der Waals surface area contributed by atoms with Crippen LogP contribution in [0.2, 0.25) is 0 Å². The van der Waals surface area contributed by atoms with Crippen LogP contribution in [0.1, 0.15) is 52.4 Å². The average Bonchev–Trinajstić information content (AvgIpc) is 2.69. The van der Waals surface area contributed by atoms with Gasteiger partial charge in [0.1, 0.15) is 11.4 Å². The van der Waals surface area contributed by atoms with Gasteiger partial charge in [-0.2, -0.15) is 0 Å². The molecule has 1 aliphatic carbocycles. The van der Waals surface area contributed by atoms with E-state index >= 15 is 0 Å². The monoisotopic (exact) mass is 355 g/mol. The molecule has 4 nitrogen and oxygen atoms in total. The van der Waals surface area contributed by atoms with Crippen LogP contribution in [0.25, 0.3) is 10.8 Å². The Hall–Kier alpha value is -2.07. The van der Waals surface area contributed by atoms with Crippen LogP contribution in [0.5, 0.6) is 5.75 Å². The molecule has 2 aromatic carbocycles. The summed E-state index contributed by atoms with van der Waals surface area (Å²) in [5.74, 6) is 0.829. The van der Waals surface area contributed by atoms with E-state index in [1.54, 1.807) is 0 Å². The summed E-state index contributed by atoms with van der Waals surface area (Å²) >= 11 is 0. The van der Waals surface area contributed by atoms with Crippen LogP contribution in [0.15, 0.2) is 36.4 Å². The molecule has 0 spiro atoms. The molecule has 1 amide bonds. The molecule has 1 saturated carbocycles. The fraction of sp³-hybridized carbons (Fsp3) is 0.500. The topological polar surface area (TPSA) is 47.6 Å². The van der Waals surface area contributed by atoms with E-state index in [1.165, 1.54) is 6.42 Å². The Balaban J connectivity index is 1.89. The molecule has 0 saturated heterocycles. The van der Waals surface area contributed by atoms with Gasteiger partial charge in [-0.1, -0.05) is 50.5 Å². The molecule has 1 N–H and O–H groups in total. The average molecular weight is 355 g/mol. The van der Waals surface area contributed by atoms with Crippen LogP contribution >= 0.6 is 0 Å². The zero-order valence-electron chi connectivity index (χ0n) is 15.8. The largest absolute Gasteiger partial charge is 0.493 e. The van der Waals surface area contributed by atoms with E-state index in [9.17, 15) is 4.79 Å². The lowest BCUT2D eigenvalue weighted by atomic mass is 9.83. The number of benzene rings is 2. The third-order valence-corrected chi connectivity index (χ3v) is 5.09. The van der Waals surface area contributed by atoms with Crippen molar-refractivity contribution in [3.05, 3.63) is 36.4 Å². The Bertz CT molecular complexity index is 750. The third-order valence-electron chi connectivity index (χ3n) is 5.09. The molecule has 0 atom stereocenters. The summed E-state index contributed by atoms with van der Waals surface area (Å²) in [6.07, 6.45) is 5.78. The SMILES string of the molecule is CCCOC1(C(=O)Nc2ccc(OCC)c3ccccc23)CCCCC1. The van der Waals surface area contributed by atoms with Crippen molar-refractivity contribution in [2.24, 2.45) is 0 Å². The highest BCUT2D eigenvalue weighted by Crippen LogP contribution is 2.36. The third kappa shape index (κ3) is 3.85. The first-order valence-electron chi connectivity index (χ1n) is 9.80. The molecule has 0 radical (unpaired) electrons. The van der Waals surface area contributed by atoms with Crippen molar-refractivity contribution in [1.29, 1.82) is 0 Å². The Morgan fingerprint density at radius 3 is 2.46 bits per heavy atom. The zero-order chi connectivity index (χ0) is 18.4. The Labute approximate surface area is 155 Å².